The second-order valence-electron chi connectivity index (χ2n) is 16.2. The highest BCUT2D eigenvalue weighted by Crippen LogP contribution is 2.44. The van der Waals surface area contributed by atoms with Crippen molar-refractivity contribution in [3.05, 3.63) is 105 Å². The maximum atomic E-state index is 13.7. The normalized spacial score (nSPS) is 14.0. The third-order valence-electron chi connectivity index (χ3n) is 11.3. The molecule has 5 N–H and O–H groups in total. The van der Waals surface area contributed by atoms with Gasteiger partial charge in [0.25, 0.3) is 20.2 Å². The highest BCUT2D eigenvalue weighted by Gasteiger charge is 2.29. The lowest BCUT2D eigenvalue weighted by molar-refractivity contribution is 0.480. The molecule has 1 heterocycles. The highest BCUT2D eigenvalue weighted by atomic mass is 32.2. The zero-order valence-corrected chi connectivity index (χ0v) is 40.3. The van der Waals surface area contributed by atoms with E-state index in [0.29, 0.717) is 46.5 Å². The zero-order valence-electron chi connectivity index (χ0n) is 37.1. The van der Waals surface area contributed by atoms with Crippen LogP contribution in [0.15, 0.2) is 95.7 Å². The van der Waals surface area contributed by atoms with Crippen molar-refractivity contribution in [1.29, 1.82) is 0 Å². The number of nitrogens with one attached hydrogen (secondary N) is 3. The van der Waals surface area contributed by atoms with Crippen molar-refractivity contribution < 1.29 is 47.2 Å². The van der Waals surface area contributed by atoms with Crippen LogP contribution < -0.4 is 20.1 Å². The summed E-state index contributed by atoms with van der Waals surface area (Å²) in [5.74, 6) is -0.0307. The Morgan fingerprint density at radius 2 is 1.17 bits per heavy atom. The fourth-order valence-corrected chi connectivity index (χ4v) is 13.0. The summed E-state index contributed by atoms with van der Waals surface area (Å²) in [5.41, 5.74) is 4.23. The van der Waals surface area contributed by atoms with E-state index in [4.69, 9.17) is 4.42 Å². The van der Waals surface area contributed by atoms with Gasteiger partial charge in [0.1, 0.15) is 21.1 Å². The van der Waals surface area contributed by atoms with Crippen molar-refractivity contribution in [2.45, 2.75) is 114 Å². The number of benzene rings is 5. The molecule has 15 nitrogen and oxygen atoms in total. The smallest absolute Gasteiger partial charge is 0.296 e. The molecule has 4 aromatic rings. The molecule has 1 aliphatic heterocycles. The molecule has 0 amide bonds. The van der Waals surface area contributed by atoms with Crippen molar-refractivity contribution in [3.63, 3.8) is 0 Å². The molecule has 1 aliphatic carbocycles. The number of anilines is 2. The Morgan fingerprint density at radius 3 is 1.73 bits per heavy atom. The van der Waals surface area contributed by atoms with Crippen LogP contribution >= 0.6 is 0 Å². The molecule has 0 bridgehead atoms. The number of hydrogen-bond donors (Lipinski definition) is 5. The van der Waals surface area contributed by atoms with E-state index in [0.717, 1.165) is 11.6 Å². The van der Waals surface area contributed by atoms with Crippen LogP contribution in [0.1, 0.15) is 73.9 Å². The fourth-order valence-electron chi connectivity index (χ4n) is 8.06. The second-order valence-corrected chi connectivity index (χ2v) is 22.3. The van der Waals surface area contributed by atoms with E-state index >= 15 is 0 Å². The van der Waals surface area contributed by atoms with Gasteiger partial charge in [0, 0.05) is 57.7 Å². The average Bonchev–Trinajstić information content (AvgIpc) is 3.18. The SMILES string of the molecule is CCC(C)NS(=O)(=O)c1c(C)cc(C)c(N=c2cc3oc4cc(Nc5c(C)cc(C)c(S(=O)(=O)NC(C)CC)c5C)ccc4c(-c4ccccc4S(=O)(=O)O)c-3cc2S(=O)(=O)O)c1C. The topological polar surface area (TPSA) is 239 Å². The van der Waals surface area contributed by atoms with Gasteiger partial charge >= 0.3 is 0 Å². The van der Waals surface area contributed by atoms with Gasteiger partial charge in [0.15, 0.2) is 0 Å². The first-order valence-corrected chi connectivity index (χ1v) is 26.2. The molecule has 0 saturated heterocycles. The van der Waals surface area contributed by atoms with Crippen molar-refractivity contribution in [1.82, 2.24) is 9.44 Å². The van der Waals surface area contributed by atoms with E-state index < -0.39 is 50.1 Å². The lowest BCUT2D eigenvalue weighted by Crippen LogP contribution is -2.33. The minimum atomic E-state index is -5.09. The predicted molar refractivity (Wildman–Crippen MR) is 248 cm³/mol. The molecule has 0 saturated carbocycles. The molecule has 2 atom stereocenters. The molecule has 64 heavy (non-hydrogen) atoms. The molecule has 0 radical (unpaired) electrons. The number of rotatable bonds is 14. The van der Waals surface area contributed by atoms with Gasteiger partial charge in [0.05, 0.1) is 20.8 Å². The largest absolute Gasteiger partial charge is 0.456 e. The Balaban J connectivity index is 1.68. The van der Waals surface area contributed by atoms with Gasteiger partial charge in [-0.25, -0.2) is 31.3 Å². The Kier molecular flexibility index (Phi) is 13.5. The fraction of sp³-hybridized carbons (Fsp3) is 0.311. The lowest BCUT2D eigenvalue weighted by Gasteiger charge is -2.21. The minimum Gasteiger partial charge on any atom is -0.456 e. The van der Waals surface area contributed by atoms with Crippen LogP contribution in [-0.4, -0.2) is 54.9 Å². The molecule has 2 unspecified atom stereocenters. The molecule has 0 fully saturated rings. The third-order valence-corrected chi connectivity index (χ3v) is 16.8. The maximum Gasteiger partial charge on any atom is 0.296 e. The van der Waals surface area contributed by atoms with E-state index in [1.54, 1.807) is 78.8 Å². The molecule has 19 heteroatoms. The van der Waals surface area contributed by atoms with Crippen LogP contribution in [0.4, 0.5) is 17.1 Å². The standard InChI is InChI=1S/C45H52N4O11S4/c1-11-28(7)48-61(50,51)44-26(5)19-24(3)42(30(44)9)46-32-17-18-33-37(21-32)60-38-23-36(47-43-25(4)20-27(6)45(31(43)10)62(52,53)49-29(8)12-2)40(64(57,58)59)22-35(38)41(33)34-15-13-14-16-39(34)63(54,55)56/h13-23,28-29,46,48-49H,11-12H2,1-10H3,(H,54,55,56)(H,57,58,59). The first-order valence-electron chi connectivity index (χ1n) is 20.4. The number of hydrogen-bond acceptors (Lipinski definition) is 11. The quantitative estimate of drug-likeness (QED) is 0.0509. The minimum absolute atomic E-state index is 0.0168. The molecule has 0 spiro atoms. The molecule has 2 aliphatic rings. The monoisotopic (exact) mass is 952 g/mol. The Labute approximate surface area is 375 Å². The molecular formula is C45H52N4O11S4. The number of nitrogens with zero attached hydrogens (tertiary/aromatic N) is 1. The van der Waals surface area contributed by atoms with Crippen LogP contribution in [0.2, 0.25) is 0 Å². The summed E-state index contributed by atoms with van der Waals surface area (Å²) in [4.78, 5) is 3.56. The van der Waals surface area contributed by atoms with Gasteiger partial charge < -0.3 is 9.73 Å². The number of aryl methyl sites for hydroxylation is 4. The van der Waals surface area contributed by atoms with Gasteiger partial charge in [0.2, 0.25) is 20.0 Å². The second kappa shape index (κ2) is 17.8. The molecule has 6 rings (SSSR count). The first-order chi connectivity index (χ1) is 29.7. The van der Waals surface area contributed by atoms with Crippen LogP contribution in [0.25, 0.3) is 33.4 Å². The van der Waals surface area contributed by atoms with E-state index in [1.807, 2.05) is 20.8 Å². The van der Waals surface area contributed by atoms with E-state index in [-0.39, 0.29) is 71.9 Å². The summed E-state index contributed by atoms with van der Waals surface area (Å²) >= 11 is 0. The highest BCUT2D eigenvalue weighted by molar-refractivity contribution is 7.90. The zero-order chi connectivity index (χ0) is 47.4. The van der Waals surface area contributed by atoms with Crippen LogP contribution in [-0.2, 0) is 40.3 Å². The first kappa shape index (κ1) is 48.5. The molecule has 0 aromatic heterocycles. The van der Waals surface area contributed by atoms with Crippen LogP contribution in [0, 0.1) is 41.5 Å². The van der Waals surface area contributed by atoms with Gasteiger partial charge in [-0.05, 0) is 126 Å². The Hall–Kier alpha value is -4.99. The van der Waals surface area contributed by atoms with Gasteiger partial charge in [-0.15, -0.1) is 0 Å². The summed E-state index contributed by atoms with van der Waals surface area (Å²) in [7, 11) is -18.0. The predicted octanol–water partition coefficient (Wildman–Crippen LogP) is 8.68. The average molecular weight is 953 g/mol. The maximum absolute atomic E-state index is 13.7. The summed E-state index contributed by atoms with van der Waals surface area (Å²) in [6.07, 6.45) is 1.11. The van der Waals surface area contributed by atoms with Crippen LogP contribution in [0.3, 0.4) is 0 Å². The van der Waals surface area contributed by atoms with Crippen molar-refractivity contribution in [2.75, 3.05) is 5.32 Å². The van der Waals surface area contributed by atoms with Crippen LogP contribution in [0.5, 0.6) is 0 Å². The Morgan fingerprint density at radius 1 is 0.625 bits per heavy atom. The van der Waals surface area contributed by atoms with Gasteiger partial charge in [-0.2, -0.15) is 16.8 Å². The summed E-state index contributed by atoms with van der Waals surface area (Å²) in [6.45, 7) is 17.3. The Bertz CT molecular complexity index is 3360. The van der Waals surface area contributed by atoms with E-state index in [9.17, 15) is 42.8 Å². The van der Waals surface area contributed by atoms with Crippen molar-refractivity contribution in [2.24, 2.45) is 4.99 Å². The summed E-state index contributed by atoms with van der Waals surface area (Å²) < 4.78 is 140. The number of fused-ring (bicyclic) bond motifs is 2. The van der Waals surface area contributed by atoms with Gasteiger partial charge in [-0.3, -0.25) is 9.11 Å². The lowest BCUT2D eigenvalue weighted by atomic mass is 9.93. The summed E-state index contributed by atoms with van der Waals surface area (Å²) in [5, 5.41) is 3.28. The number of sulfonamides is 2. The molecular weight excluding hydrogens is 901 g/mol. The molecule has 4 aromatic carbocycles. The van der Waals surface area contributed by atoms with E-state index in [1.165, 1.54) is 30.3 Å². The molecule has 342 valence electrons. The van der Waals surface area contributed by atoms with E-state index in [2.05, 4.69) is 19.8 Å². The third kappa shape index (κ3) is 9.53. The summed E-state index contributed by atoms with van der Waals surface area (Å²) in [6, 6.07) is 15.4. The van der Waals surface area contributed by atoms with Gasteiger partial charge in [-0.1, -0.05) is 44.2 Å². The van der Waals surface area contributed by atoms with Crippen molar-refractivity contribution in [3.8, 4) is 22.5 Å². The van der Waals surface area contributed by atoms with Crippen molar-refractivity contribution >= 4 is 68.3 Å².